The first-order valence-electron chi connectivity index (χ1n) is 4.88. The molecule has 0 aliphatic heterocycles. The molecule has 0 radical (unpaired) electrons. The van der Waals surface area contributed by atoms with Gasteiger partial charge in [-0.3, -0.25) is 9.69 Å². The second-order valence-electron chi connectivity index (χ2n) is 3.55. The first kappa shape index (κ1) is 12.6. The molecule has 0 aromatic carbocycles. The van der Waals surface area contributed by atoms with Gasteiger partial charge in [0.25, 0.3) is 0 Å². The van der Waals surface area contributed by atoms with Crippen LogP contribution in [0.5, 0.6) is 0 Å². The van der Waals surface area contributed by atoms with Gasteiger partial charge in [0.05, 0.1) is 19.3 Å². The summed E-state index contributed by atoms with van der Waals surface area (Å²) in [4.78, 5) is 13.0. The van der Waals surface area contributed by atoms with Crippen LogP contribution in [-0.4, -0.2) is 43.5 Å². The molecule has 13 heavy (non-hydrogen) atoms. The van der Waals surface area contributed by atoms with E-state index in [9.17, 15) is 4.79 Å². The average Bonchev–Trinajstić information content (AvgIpc) is 2.03. The number of likely N-dealkylation sites (N-methyl/N-ethyl adjacent to an activating group) is 1. The molecule has 0 aliphatic carbocycles. The highest BCUT2D eigenvalue weighted by Gasteiger charge is 2.04. The summed E-state index contributed by atoms with van der Waals surface area (Å²) in [7, 11) is 1.94. The maximum atomic E-state index is 11.0. The van der Waals surface area contributed by atoms with Gasteiger partial charge in [-0.25, -0.2) is 0 Å². The Labute approximate surface area is 81.1 Å². The first-order valence-corrected chi connectivity index (χ1v) is 4.88. The molecular weight excluding hydrogens is 166 g/mol. The Hall–Kier alpha value is -0.410. The second kappa shape index (κ2) is 7.04. The average molecular weight is 187 g/mol. The zero-order chi connectivity index (χ0) is 10.3. The lowest BCUT2D eigenvalue weighted by molar-refractivity contribution is -0.119. The molecule has 0 N–H and O–H groups in total. The highest BCUT2D eigenvalue weighted by Crippen LogP contribution is 1.91. The topological polar surface area (TPSA) is 29.5 Å². The van der Waals surface area contributed by atoms with Crippen LogP contribution in [-0.2, 0) is 9.53 Å². The summed E-state index contributed by atoms with van der Waals surface area (Å²) < 4.78 is 5.37. The van der Waals surface area contributed by atoms with Crippen LogP contribution in [0, 0.1) is 0 Å². The normalized spacial score (nSPS) is 11.2. The van der Waals surface area contributed by atoms with Gasteiger partial charge in [0, 0.05) is 13.0 Å². The Morgan fingerprint density at radius 1 is 1.46 bits per heavy atom. The van der Waals surface area contributed by atoms with E-state index in [-0.39, 0.29) is 11.9 Å². The zero-order valence-electron chi connectivity index (χ0n) is 9.17. The lowest BCUT2D eigenvalue weighted by Gasteiger charge is -2.16. The molecule has 0 heterocycles. The molecule has 78 valence electrons. The number of carbonyl (C=O) groups excluding carboxylic acids is 1. The molecule has 0 unspecified atom stereocenters. The maximum absolute atomic E-state index is 11.0. The summed E-state index contributed by atoms with van der Waals surface area (Å²) in [6.45, 7) is 7.97. The van der Waals surface area contributed by atoms with Gasteiger partial charge in [0.15, 0.2) is 0 Å². The molecule has 0 bridgehead atoms. The van der Waals surface area contributed by atoms with E-state index < -0.39 is 0 Å². The monoisotopic (exact) mass is 187 g/mol. The van der Waals surface area contributed by atoms with E-state index in [1.165, 1.54) is 0 Å². The summed E-state index contributed by atoms with van der Waals surface area (Å²) in [6, 6.07) is 0. The van der Waals surface area contributed by atoms with Gasteiger partial charge in [0.1, 0.15) is 5.78 Å². The van der Waals surface area contributed by atoms with E-state index in [4.69, 9.17) is 4.74 Å². The lowest BCUT2D eigenvalue weighted by atomic mass is 10.3. The quantitative estimate of drug-likeness (QED) is 0.602. The summed E-state index contributed by atoms with van der Waals surface area (Å²) in [5.74, 6) is 0.284. The van der Waals surface area contributed by atoms with Crippen molar-refractivity contribution in [2.45, 2.75) is 33.3 Å². The number of carbonyl (C=O) groups is 1. The van der Waals surface area contributed by atoms with Gasteiger partial charge >= 0.3 is 0 Å². The number of rotatable bonds is 7. The predicted molar refractivity (Wildman–Crippen MR) is 53.9 cm³/mol. The first-order chi connectivity index (χ1) is 6.06. The minimum absolute atomic E-state index is 0.273. The minimum Gasteiger partial charge on any atom is -0.377 e. The van der Waals surface area contributed by atoms with Crippen LogP contribution < -0.4 is 0 Å². The van der Waals surface area contributed by atoms with Gasteiger partial charge in [0.2, 0.25) is 0 Å². The number of hydrogen-bond donors (Lipinski definition) is 0. The molecule has 0 amide bonds. The van der Waals surface area contributed by atoms with Crippen LogP contribution in [0.4, 0.5) is 0 Å². The number of hydrogen-bond acceptors (Lipinski definition) is 3. The molecular formula is C10H21NO2. The second-order valence-corrected chi connectivity index (χ2v) is 3.55. The summed E-state index contributed by atoms with van der Waals surface area (Å²) in [5, 5.41) is 0. The Morgan fingerprint density at radius 3 is 2.54 bits per heavy atom. The maximum Gasteiger partial charge on any atom is 0.146 e. The third-order valence-electron chi connectivity index (χ3n) is 1.76. The van der Waals surface area contributed by atoms with Crippen molar-refractivity contribution < 1.29 is 9.53 Å². The van der Waals surface area contributed by atoms with Crippen molar-refractivity contribution in [2.24, 2.45) is 0 Å². The van der Waals surface area contributed by atoms with Crippen molar-refractivity contribution in [3.05, 3.63) is 0 Å². The van der Waals surface area contributed by atoms with Crippen molar-refractivity contribution in [3.8, 4) is 0 Å². The molecule has 0 aromatic rings. The molecule has 3 heteroatoms. The number of ketones is 1. The van der Waals surface area contributed by atoms with E-state index >= 15 is 0 Å². The van der Waals surface area contributed by atoms with Gasteiger partial charge in [-0.05, 0) is 20.9 Å². The van der Waals surface area contributed by atoms with Crippen LogP contribution in [0.2, 0.25) is 0 Å². The fourth-order valence-electron chi connectivity index (χ4n) is 0.936. The lowest BCUT2D eigenvalue weighted by Crippen LogP contribution is -2.29. The molecule has 0 atom stereocenters. The van der Waals surface area contributed by atoms with Crippen LogP contribution in [0.15, 0.2) is 0 Å². The molecule has 0 aliphatic rings. The van der Waals surface area contributed by atoms with Crippen LogP contribution in [0.3, 0.4) is 0 Å². The van der Waals surface area contributed by atoms with Gasteiger partial charge in [-0.1, -0.05) is 6.92 Å². The molecule has 0 fully saturated rings. The van der Waals surface area contributed by atoms with Gasteiger partial charge < -0.3 is 4.74 Å². The third-order valence-corrected chi connectivity index (χ3v) is 1.76. The minimum atomic E-state index is 0.273. The van der Waals surface area contributed by atoms with Crippen LogP contribution in [0.25, 0.3) is 0 Å². The number of ether oxygens (including phenoxy) is 1. The van der Waals surface area contributed by atoms with Crippen LogP contribution >= 0.6 is 0 Å². The molecule has 0 saturated heterocycles. The Kier molecular flexibility index (Phi) is 6.82. The van der Waals surface area contributed by atoms with E-state index in [1.54, 1.807) is 0 Å². The predicted octanol–water partition coefficient (Wildman–Crippen LogP) is 1.32. The van der Waals surface area contributed by atoms with E-state index in [2.05, 4.69) is 0 Å². The van der Waals surface area contributed by atoms with Crippen molar-refractivity contribution in [3.63, 3.8) is 0 Å². The number of nitrogens with zero attached hydrogens (tertiary/aromatic N) is 1. The van der Waals surface area contributed by atoms with Crippen molar-refractivity contribution in [1.29, 1.82) is 0 Å². The highest BCUT2D eigenvalue weighted by molar-refractivity contribution is 5.80. The molecule has 0 spiro atoms. The van der Waals surface area contributed by atoms with Crippen molar-refractivity contribution in [2.75, 3.05) is 26.7 Å². The van der Waals surface area contributed by atoms with E-state index in [1.807, 2.05) is 32.7 Å². The van der Waals surface area contributed by atoms with Crippen molar-refractivity contribution >= 4 is 5.78 Å². The van der Waals surface area contributed by atoms with Gasteiger partial charge in [-0.15, -0.1) is 0 Å². The zero-order valence-corrected chi connectivity index (χ0v) is 9.17. The Morgan fingerprint density at radius 2 is 2.08 bits per heavy atom. The largest absolute Gasteiger partial charge is 0.377 e. The molecule has 0 aromatic heterocycles. The Balaban J connectivity index is 3.40. The molecule has 0 rings (SSSR count). The summed E-state index contributed by atoms with van der Waals surface area (Å²) in [6.07, 6.45) is 0.894. The molecule has 3 nitrogen and oxygen atoms in total. The SMILES string of the molecule is CCC(=O)CN(C)CCOC(C)C. The standard InChI is InChI=1S/C10H21NO2/c1-5-10(12)8-11(4)6-7-13-9(2)3/h9H,5-8H2,1-4H3. The fourth-order valence-corrected chi connectivity index (χ4v) is 0.936. The molecule has 0 saturated carbocycles. The third kappa shape index (κ3) is 7.94. The van der Waals surface area contributed by atoms with Gasteiger partial charge in [-0.2, -0.15) is 0 Å². The van der Waals surface area contributed by atoms with E-state index in [0.29, 0.717) is 19.6 Å². The fraction of sp³-hybridized carbons (Fsp3) is 0.900. The van der Waals surface area contributed by atoms with E-state index in [0.717, 1.165) is 6.54 Å². The Bertz CT molecular complexity index is 146. The summed E-state index contributed by atoms with van der Waals surface area (Å²) in [5.41, 5.74) is 0. The smallest absolute Gasteiger partial charge is 0.146 e. The van der Waals surface area contributed by atoms with Crippen molar-refractivity contribution in [1.82, 2.24) is 4.90 Å². The highest BCUT2D eigenvalue weighted by atomic mass is 16.5. The van der Waals surface area contributed by atoms with Crippen LogP contribution in [0.1, 0.15) is 27.2 Å². The summed E-state index contributed by atoms with van der Waals surface area (Å²) >= 11 is 0. The number of Topliss-reactive ketones (excluding diaryl/α,β-unsaturated/α-hetero) is 1.